The maximum Gasteiger partial charge on any atom is 1.00 e. The summed E-state index contributed by atoms with van der Waals surface area (Å²) >= 11 is 0. The fourth-order valence-corrected chi connectivity index (χ4v) is 0. The summed E-state index contributed by atoms with van der Waals surface area (Å²) in [4.78, 5) is 8.44. The van der Waals surface area contributed by atoms with Crippen molar-refractivity contribution in [2.45, 2.75) is 0 Å². The molecule has 0 rings (SSSR count). The second-order valence-corrected chi connectivity index (χ2v) is 0.266. The minimum Gasteiger partial charge on any atom is -0.565 e. The van der Waals surface area contributed by atoms with Gasteiger partial charge < -0.3 is 15.0 Å². The molecule has 0 atom stereocenters. The third-order valence-electron chi connectivity index (χ3n) is 0. The molecule has 0 saturated heterocycles. The van der Waals surface area contributed by atoms with Crippen LogP contribution in [0.3, 0.4) is 0 Å². The molecule has 3 nitrogen and oxygen atoms in total. The molecule has 0 aromatic heterocycles. The fraction of sp³-hybridized carbons (Fsp3) is 0. The molecule has 1 N–H and O–H groups in total. The summed E-state index contributed by atoms with van der Waals surface area (Å²) in [6.07, 6.45) is -2.08. The van der Waals surface area contributed by atoms with Crippen LogP contribution in [-0.4, -0.2) is 11.3 Å². The van der Waals surface area contributed by atoms with Crippen LogP contribution in [0.1, 0.15) is 0 Å². The van der Waals surface area contributed by atoms with E-state index in [0.29, 0.717) is 0 Å². The molecule has 28 valence electrons. The monoisotopic (exact) mass is 132 g/mol. The first-order chi connectivity index (χ1) is 1.73. The van der Waals surface area contributed by atoms with Crippen molar-refractivity contribution in [3.63, 3.8) is 0 Å². The number of carbonyl (C=O) groups is 1. The van der Waals surface area contributed by atoms with Gasteiger partial charge >= 0.3 is 29.6 Å². The van der Waals surface area contributed by atoms with E-state index in [9.17, 15) is 0 Å². The zero-order valence-corrected chi connectivity index (χ0v) is 6.83. The minimum atomic E-state index is -2.08. The van der Waals surface area contributed by atoms with Crippen molar-refractivity contribution in [3.05, 3.63) is 0 Å². The summed E-state index contributed by atoms with van der Waals surface area (Å²) in [5, 5.41) is 15.3. The Bertz CT molecular complexity index is 33.8. The molecular weight excluding hydrogens is 131 g/mol. The zero-order chi connectivity index (χ0) is 3.58. The van der Waals surface area contributed by atoms with E-state index in [1.54, 1.807) is 0 Å². The molecule has 0 unspecified atom stereocenters. The average Bonchev–Trinajstić information content (AvgIpc) is 0.811. The van der Waals surface area contributed by atoms with Gasteiger partial charge in [0.2, 0.25) is 6.16 Å². The SMILES string of the molecule is O=C([O-])O.[Na+].[Ti]. The van der Waals surface area contributed by atoms with Crippen LogP contribution < -0.4 is 34.7 Å². The molecule has 0 aromatic carbocycles. The van der Waals surface area contributed by atoms with E-state index in [1.807, 2.05) is 0 Å². The Hall–Kier alpha value is 0.984. The van der Waals surface area contributed by atoms with Crippen LogP contribution in [-0.2, 0) is 21.7 Å². The van der Waals surface area contributed by atoms with Crippen LogP contribution in [0, 0.1) is 0 Å². The first-order valence-corrected chi connectivity index (χ1v) is 0.632. The van der Waals surface area contributed by atoms with Crippen LogP contribution in [0.2, 0.25) is 0 Å². The Morgan fingerprint density at radius 3 is 1.67 bits per heavy atom. The molecule has 6 heavy (non-hydrogen) atoms. The van der Waals surface area contributed by atoms with Gasteiger partial charge in [0.15, 0.2) is 0 Å². The summed E-state index contributed by atoms with van der Waals surface area (Å²) < 4.78 is 0. The fourth-order valence-electron chi connectivity index (χ4n) is 0. The molecule has 0 bridgehead atoms. The van der Waals surface area contributed by atoms with Crippen molar-refractivity contribution < 1.29 is 66.3 Å². The van der Waals surface area contributed by atoms with Gasteiger partial charge in [-0.1, -0.05) is 0 Å². The third kappa shape index (κ3) is 81.7. The second-order valence-electron chi connectivity index (χ2n) is 0.266. The van der Waals surface area contributed by atoms with Crippen molar-refractivity contribution >= 4 is 6.16 Å². The van der Waals surface area contributed by atoms with Gasteiger partial charge in [-0.25, -0.2) is 0 Å². The quantitative estimate of drug-likeness (QED) is 0.340. The number of rotatable bonds is 0. The molecule has 5 heteroatoms. The maximum absolute atomic E-state index is 8.44. The smallest absolute Gasteiger partial charge is 0.565 e. The first-order valence-electron chi connectivity index (χ1n) is 0.632. The first kappa shape index (κ1) is 15.8. The van der Waals surface area contributed by atoms with Gasteiger partial charge in [-0.2, -0.15) is 0 Å². The predicted octanol–water partition coefficient (Wildman–Crippen LogP) is -4.11. The summed E-state index contributed by atoms with van der Waals surface area (Å²) in [7, 11) is 0. The normalized spacial score (nSPS) is 4.00. The van der Waals surface area contributed by atoms with E-state index in [2.05, 4.69) is 0 Å². The molecule has 0 aliphatic rings. The second kappa shape index (κ2) is 9.37. The summed E-state index contributed by atoms with van der Waals surface area (Å²) in [5.74, 6) is 0. The molecule has 0 heterocycles. The van der Waals surface area contributed by atoms with Gasteiger partial charge in [0.05, 0.1) is 0 Å². The largest absolute Gasteiger partial charge is 1.00 e. The van der Waals surface area contributed by atoms with Crippen molar-refractivity contribution in [1.82, 2.24) is 0 Å². The number of hydrogen-bond acceptors (Lipinski definition) is 2. The van der Waals surface area contributed by atoms with E-state index in [1.165, 1.54) is 0 Å². The van der Waals surface area contributed by atoms with Gasteiger partial charge in [0, 0.05) is 21.7 Å². The van der Waals surface area contributed by atoms with Gasteiger partial charge in [-0.3, -0.25) is 0 Å². The summed E-state index contributed by atoms with van der Waals surface area (Å²) in [6.45, 7) is 0. The van der Waals surface area contributed by atoms with E-state index >= 15 is 0 Å². The molecule has 0 aliphatic heterocycles. The molecule has 0 spiro atoms. The van der Waals surface area contributed by atoms with Crippen LogP contribution in [0.25, 0.3) is 0 Å². The van der Waals surface area contributed by atoms with E-state index in [0.717, 1.165) is 0 Å². The van der Waals surface area contributed by atoms with Crippen LogP contribution in [0.4, 0.5) is 4.79 Å². The van der Waals surface area contributed by atoms with Crippen LogP contribution in [0.15, 0.2) is 0 Å². The minimum absolute atomic E-state index is 0. The van der Waals surface area contributed by atoms with Crippen molar-refractivity contribution in [2.24, 2.45) is 0 Å². The Morgan fingerprint density at radius 2 is 1.67 bits per heavy atom. The molecule has 0 aromatic rings. The van der Waals surface area contributed by atoms with E-state index < -0.39 is 6.16 Å². The maximum atomic E-state index is 8.44. The molecule has 0 saturated carbocycles. The van der Waals surface area contributed by atoms with Gasteiger partial charge in [0.25, 0.3) is 0 Å². The number of hydrogen-bond donors (Lipinski definition) is 1. The Morgan fingerprint density at radius 1 is 1.67 bits per heavy atom. The van der Waals surface area contributed by atoms with Crippen molar-refractivity contribution in [1.29, 1.82) is 0 Å². The molecule has 0 fully saturated rings. The topological polar surface area (TPSA) is 60.4 Å². The Balaban J connectivity index is -0.0000000450. The summed E-state index contributed by atoms with van der Waals surface area (Å²) in [6, 6.07) is 0. The van der Waals surface area contributed by atoms with Crippen molar-refractivity contribution in [2.75, 3.05) is 0 Å². The average molecular weight is 132 g/mol. The molecular formula is CHNaO3Ti. The van der Waals surface area contributed by atoms with E-state index in [-0.39, 0.29) is 51.3 Å². The molecule has 0 aliphatic carbocycles. The number of carboxylic acid groups (broad SMARTS) is 2. The van der Waals surface area contributed by atoms with Gasteiger partial charge in [-0.05, 0) is 0 Å². The van der Waals surface area contributed by atoms with Crippen LogP contribution in [0.5, 0.6) is 0 Å². The van der Waals surface area contributed by atoms with Crippen molar-refractivity contribution in [3.8, 4) is 0 Å². The molecule has 0 radical (unpaired) electrons. The molecule has 0 amide bonds. The van der Waals surface area contributed by atoms with E-state index in [4.69, 9.17) is 15.0 Å². The Kier molecular flexibility index (Phi) is 24.6. The third-order valence-corrected chi connectivity index (χ3v) is 0. The predicted molar refractivity (Wildman–Crippen MR) is 8.02 cm³/mol. The zero-order valence-electron chi connectivity index (χ0n) is 3.26. The van der Waals surface area contributed by atoms with Gasteiger partial charge in [0.1, 0.15) is 0 Å². The Labute approximate surface area is 71.9 Å². The summed E-state index contributed by atoms with van der Waals surface area (Å²) in [5.41, 5.74) is 0. The van der Waals surface area contributed by atoms with Crippen LogP contribution >= 0.6 is 0 Å². The van der Waals surface area contributed by atoms with Gasteiger partial charge in [-0.15, -0.1) is 0 Å². The standard InChI is InChI=1S/CH2O3.Na.Ti/c2-1(3)4;;/h(H2,2,3,4);;/q;+1;/p-1.